The summed E-state index contributed by atoms with van der Waals surface area (Å²) in [5.41, 5.74) is 1.49. The molecule has 3 aromatic rings. The lowest BCUT2D eigenvalue weighted by atomic mass is 10.1. The van der Waals surface area contributed by atoms with Gasteiger partial charge in [0.1, 0.15) is 16.7 Å². The summed E-state index contributed by atoms with van der Waals surface area (Å²) in [7, 11) is 6.37. The monoisotopic (exact) mass is 386 g/mol. The lowest BCUT2D eigenvalue weighted by molar-refractivity contribution is 0.356. The molecule has 1 heterocycles. The minimum Gasteiger partial charge on any atom is -0.497 e. The van der Waals surface area contributed by atoms with Crippen molar-refractivity contribution in [3.8, 4) is 23.0 Å². The Labute approximate surface area is 162 Å². The third-order valence-electron chi connectivity index (χ3n) is 4.02. The van der Waals surface area contributed by atoms with E-state index in [0.717, 1.165) is 11.3 Å². The van der Waals surface area contributed by atoms with Crippen molar-refractivity contribution >= 4 is 34.7 Å². The van der Waals surface area contributed by atoms with Gasteiger partial charge in [-0.15, -0.1) is 0 Å². The molecule has 1 aromatic heterocycles. The molecule has 0 N–H and O–H groups in total. The molecule has 0 aliphatic rings. The van der Waals surface area contributed by atoms with Gasteiger partial charge in [0.25, 0.3) is 0 Å². The highest BCUT2D eigenvalue weighted by molar-refractivity contribution is 6.34. The first-order valence-electron chi connectivity index (χ1n) is 8.09. The second-order valence-electron chi connectivity index (χ2n) is 5.54. The average molecular weight is 387 g/mol. The van der Waals surface area contributed by atoms with Crippen molar-refractivity contribution in [2.24, 2.45) is 0 Å². The Hall–Kier alpha value is -2.99. The van der Waals surface area contributed by atoms with E-state index in [-0.39, 0.29) is 0 Å². The summed E-state index contributed by atoms with van der Waals surface area (Å²) in [6.07, 6.45) is 3.61. The van der Waals surface area contributed by atoms with Crippen LogP contribution in [-0.2, 0) is 0 Å². The van der Waals surface area contributed by atoms with Crippen molar-refractivity contribution in [3.63, 3.8) is 0 Å². The molecule has 0 aliphatic heterocycles. The summed E-state index contributed by atoms with van der Waals surface area (Å²) in [4.78, 5) is 8.89. The van der Waals surface area contributed by atoms with Crippen LogP contribution in [0.5, 0.6) is 23.0 Å². The summed E-state index contributed by atoms with van der Waals surface area (Å²) in [5, 5.41) is 1.02. The van der Waals surface area contributed by atoms with E-state index in [1.807, 2.05) is 24.3 Å². The molecule has 140 valence electrons. The molecule has 2 aromatic carbocycles. The maximum atomic E-state index is 6.35. The third-order valence-corrected chi connectivity index (χ3v) is 4.31. The van der Waals surface area contributed by atoms with Crippen LogP contribution in [0.4, 0.5) is 0 Å². The third kappa shape index (κ3) is 3.90. The lowest BCUT2D eigenvalue weighted by Crippen LogP contribution is -1.95. The van der Waals surface area contributed by atoms with Crippen molar-refractivity contribution in [2.45, 2.75) is 0 Å². The van der Waals surface area contributed by atoms with Crippen LogP contribution in [0.15, 0.2) is 30.3 Å². The van der Waals surface area contributed by atoms with Crippen LogP contribution in [0, 0.1) is 0 Å². The van der Waals surface area contributed by atoms with E-state index in [1.165, 1.54) is 0 Å². The zero-order valence-corrected chi connectivity index (χ0v) is 16.2. The first kappa shape index (κ1) is 18.8. The molecule has 0 aliphatic carbocycles. The van der Waals surface area contributed by atoms with Gasteiger partial charge in [0.15, 0.2) is 17.3 Å². The second-order valence-corrected chi connectivity index (χ2v) is 5.90. The number of aromatic nitrogens is 2. The number of hydrogen-bond donors (Lipinski definition) is 0. The fraction of sp³-hybridized carbons (Fsp3) is 0.200. The Bertz CT molecular complexity index is 1000. The van der Waals surface area contributed by atoms with Gasteiger partial charge in [0.2, 0.25) is 0 Å². The molecule has 0 atom stereocenters. The molecule has 0 bridgehead atoms. The van der Waals surface area contributed by atoms with E-state index in [4.69, 9.17) is 30.5 Å². The van der Waals surface area contributed by atoms with Gasteiger partial charge in [-0.1, -0.05) is 11.6 Å². The smallest absolute Gasteiger partial charge is 0.162 e. The predicted octanol–water partition coefficient (Wildman–Crippen LogP) is 4.49. The number of fused-ring (bicyclic) bond motifs is 1. The number of methoxy groups -OCH3 is 4. The van der Waals surface area contributed by atoms with Crippen molar-refractivity contribution in [1.82, 2.24) is 9.97 Å². The van der Waals surface area contributed by atoms with Crippen LogP contribution in [-0.4, -0.2) is 38.4 Å². The highest BCUT2D eigenvalue weighted by Crippen LogP contribution is 2.34. The van der Waals surface area contributed by atoms with E-state index in [2.05, 4.69) is 9.97 Å². The zero-order valence-electron chi connectivity index (χ0n) is 15.4. The summed E-state index contributed by atoms with van der Waals surface area (Å²) < 4.78 is 21.3. The zero-order chi connectivity index (χ0) is 19.4. The Morgan fingerprint density at radius 3 is 2.15 bits per heavy atom. The molecule has 0 saturated heterocycles. The predicted molar refractivity (Wildman–Crippen MR) is 106 cm³/mol. The summed E-state index contributed by atoms with van der Waals surface area (Å²) in [6.45, 7) is 0. The largest absolute Gasteiger partial charge is 0.497 e. The van der Waals surface area contributed by atoms with Gasteiger partial charge >= 0.3 is 0 Å². The van der Waals surface area contributed by atoms with Crippen LogP contribution in [0.3, 0.4) is 0 Å². The molecule has 27 heavy (non-hydrogen) atoms. The van der Waals surface area contributed by atoms with Crippen molar-refractivity contribution < 1.29 is 18.9 Å². The Balaban J connectivity index is 2.04. The SMILES string of the molecule is COc1ccc(OC)c(/C=C/c2nc(Cl)c3cc(OC)c(OC)cc3n2)c1. The molecular weight excluding hydrogens is 368 g/mol. The molecule has 0 radical (unpaired) electrons. The van der Waals surface area contributed by atoms with Gasteiger partial charge in [0.05, 0.1) is 34.0 Å². The summed E-state index contributed by atoms with van der Waals surface area (Å²) in [5.74, 6) is 3.05. The van der Waals surface area contributed by atoms with Crippen molar-refractivity contribution in [3.05, 3.63) is 46.9 Å². The number of benzene rings is 2. The van der Waals surface area contributed by atoms with Crippen LogP contribution in [0.1, 0.15) is 11.4 Å². The van der Waals surface area contributed by atoms with Crippen molar-refractivity contribution in [1.29, 1.82) is 0 Å². The number of hydrogen-bond acceptors (Lipinski definition) is 6. The van der Waals surface area contributed by atoms with Gasteiger partial charge in [-0.05, 0) is 36.4 Å². The van der Waals surface area contributed by atoms with Crippen LogP contribution >= 0.6 is 11.6 Å². The number of ether oxygens (including phenoxy) is 4. The summed E-state index contributed by atoms with van der Waals surface area (Å²) in [6, 6.07) is 9.06. The number of nitrogens with zero attached hydrogens (tertiary/aromatic N) is 2. The highest BCUT2D eigenvalue weighted by Gasteiger charge is 2.11. The standard InChI is InChI=1S/C20H19ClN2O4/c1-24-13-6-7-16(25-2)12(9-13)5-8-19-22-15-11-18(27-4)17(26-3)10-14(15)20(21)23-19/h5-11H,1-4H3/b8-5+. The second kappa shape index (κ2) is 8.14. The van der Waals surface area contributed by atoms with Crippen LogP contribution in [0.25, 0.3) is 23.1 Å². The lowest BCUT2D eigenvalue weighted by Gasteiger charge is -2.10. The average Bonchev–Trinajstić information content (AvgIpc) is 2.70. The molecule has 6 nitrogen and oxygen atoms in total. The van der Waals surface area contributed by atoms with E-state index in [0.29, 0.717) is 39.1 Å². The summed E-state index contributed by atoms with van der Waals surface area (Å²) >= 11 is 6.35. The van der Waals surface area contributed by atoms with Crippen LogP contribution in [0.2, 0.25) is 5.15 Å². The number of rotatable bonds is 6. The first-order valence-corrected chi connectivity index (χ1v) is 8.46. The fourth-order valence-electron chi connectivity index (χ4n) is 2.64. The van der Waals surface area contributed by atoms with E-state index in [9.17, 15) is 0 Å². The molecule has 0 spiro atoms. The normalized spacial score (nSPS) is 11.0. The molecular formula is C20H19ClN2O4. The van der Waals surface area contributed by atoms with Gasteiger partial charge < -0.3 is 18.9 Å². The van der Waals surface area contributed by atoms with Gasteiger partial charge in [-0.3, -0.25) is 0 Å². The maximum Gasteiger partial charge on any atom is 0.162 e. The number of halogens is 1. The fourth-order valence-corrected chi connectivity index (χ4v) is 2.88. The molecule has 3 rings (SSSR count). The minimum absolute atomic E-state index is 0.332. The van der Waals surface area contributed by atoms with Gasteiger partial charge in [-0.25, -0.2) is 9.97 Å². The van der Waals surface area contributed by atoms with Gasteiger partial charge in [0, 0.05) is 17.0 Å². The topological polar surface area (TPSA) is 62.7 Å². The van der Waals surface area contributed by atoms with Gasteiger partial charge in [-0.2, -0.15) is 0 Å². The molecule has 7 heteroatoms. The molecule has 0 saturated carbocycles. The Morgan fingerprint density at radius 1 is 0.778 bits per heavy atom. The minimum atomic E-state index is 0.332. The quantitative estimate of drug-likeness (QED) is 0.582. The Kier molecular flexibility index (Phi) is 5.66. The van der Waals surface area contributed by atoms with E-state index in [1.54, 1.807) is 46.6 Å². The first-order chi connectivity index (χ1) is 13.1. The van der Waals surface area contributed by atoms with Crippen molar-refractivity contribution in [2.75, 3.05) is 28.4 Å². The Morgan fingerprint density at radius 2 is 1.48 bits per heavy atom. The van der Waals surface area contributed by atoms with E-state index < -0.39 is 0 Å². The highest BCUT2D eigenvalue weighted by atomic mass is 35.5. The molecule has 0 fully saturated rings. The van der Waals surface area contributed by atoms with E-state index >= 15 is 0 Å². The molecule has 0 unspecified atom stereocenters. The van der Waals surface area contributed by atoms with Crippen LogP contribution < -0.4 is 18.9 Å². The maximum absolute atomic E-state index is 6.35. The molecule has 0 amide bonds.